The molecule has 0 aliphatic rings. The number of aromatic amines is 1. The van der Waals surface area contributed by atoms with Crippen molar-refractivity contribution in [3.8, 4) is 11.4 Å². The van der Waals surface area contributed by atoms with Gasteiger partial charge in [-0.15, -0.1) is 0 Å². The third-order valence-electron chi connectivity index (χ3n) is 2.43. The summed E-state index contributed by atoms with van der Waals surface area (Å²) in [6.07, 6.45) is 1.66. The van der Waals surface area contributed by atoms with E-state index in [0.717, 1.165) is 11.3 Å². The minimum absolute atomic E-state index is 0.102. The predicted octanol–water partition coefficient (Wildman–Crippen LogP) is 0.690. The maximum absolute atomic E-state index is 11.4. The molecule has 0 bridgehead atoms. The Kier molecular flexibility index (Phi) is 2.90. The second-order valence-electron chi connectivity index (χ2n) is 3.50. The number of hydrogen-bond acceptors (Lipinski definition) is 5. The monoisotopic (exact) mass is 235 g/mol. The van der Waals surface area contributed by atoms with Crippen molar-refractivity contribution in [1.82, 2.24) is 25.0 Å². The number of rotatable bonds is 3. The van der Waals surface area contributed by atoms with E-state index in [1.165, 1.54) is 0 Å². The molecule has 0 atom stereocenters. The van der Waals surface area contributed by atoms with Crippen LogP contribution in [0.25, 0.3) is 11.4 Å². The summed E-state index contributed by atoms with van der Waals surface area (Å²) in [5.41, 5.74) is 1.72. The molecule has 0 unspecified atom stereocenters. The smallest absolute Gasteiger partial charge is 0.375 e. The number of carbonyl (C=O) groups is 1. The van der Waals surface area contributed by atoms with Crippen molar-refractivity contribution >= 4 is 5.97 Å². The van der Waals surface area contributed by atoms with E-state index in [2.05, 4.69) is 20.3 Å². The molecule has 17 heavy (non-hydrogen) atoms. The molecule has 0 aromatic carbocycles. The van der Waals surface area contributed by atoms with Crippen LogP contribution in [0.1, 0.15) is 23.2 Å². The van der Waals surface area contributed by atoms with Crippen LogP contribution in [0.15, 0.2) is 6.20 Å². The van der Waals surface area contributed by atoms with Gasteiger partial charge in [-0.25, -0.2) is 9.78 Å². The maximum Gasteiger partial charge on any atom is 0.375 e. The molecule has 0 radical (unpaired) electrons. The second kappa shape index (κ2) is 4.36. The Morgan fingerprint density at radius 2 is 2.35 bits per heavy atom. The summed E-state index contributed by atoms with van der Waals surface area (Å²) in [5.74, 6) is 0.0385. The number of esters is 1. The van der Waals surface area contributed by atoms with E-state index in [-0.39, 0.29) is 5.82 Å². The zero-order valence-corrected chi connectivity index (χ0v) is 9.89. The van der Waals surface area contributed by atoms with Gasteiger partial charge in [0.25, 0.3) is 0 Å². The Balaban J connectivity index is 2.30. The summed E-state index contributed by atoms with van der Waals surface area (Å²) in [6, 6.07) is 0. The Hall–Kier alpha value is -2.18. The fourth-order valence-corrected chi connectivity index (χ4v) is 1.39. The molecule has 0 saturated carbocycles. The van der Waals surface area contributed by atoms with Crippen molar-refractivity contribution in [2.24, 2.45) is 7.05 Å². The predicted molar refractivity (Wildman–Crippen MR) is 59.3 cm³/mol. The highest BCUT2D eigenvalue weighted by molar-refractivity contribution is 5.85. The lowest BCUT2D eigenvalue weighted by molar-refractivity contribution is 0.0512. The molecule has 2 rings (SSSR count). The van der Waals surface area contributed by atoms with E-state index in [4.69, 9.17) is 4.74 Å². The molecule has 2 aromatic heterocycles. The molecular weight excluding hydrogens is 222 g/mol. The zero-order valence-electron chi connectivity index (χ0n) is 9.89. The minimum atomic E-state index is -0.507. The fourth-order valence-electron chi connectivity index (χ4n) is 1.39. The topological polar surface area (TPSA) is 85.7 Å². The number of carbonyl (C=O) groups excluding carboxylic acids is 1. The molecule has 0 fully saturated rings. The SMILES string of the molecule is CCOC(=O)c1nc(-c2cnn(C)c2C)n[nH]1. The molecule has 90 valence electrons. The summed E-state index contributed by atoms with van der Waals surface area (Å²) in [7, 11) is 1.83. The lowest BCUT2D eigenvalue weighted by atomic mass is 10.2. The third-order valence-corrected chi connectivity index (χ3v) is 2.43. The van der Waals surface area contributed by atoms with Crippen LogP contribution in [0.5, 0.6) is 0 Å². The van der Waals surface area contributed by atoms with E-state index in [1.807, 2.05) is 14.0 Å². The lowest BCUT2D eigenvalue weighted by Gasteiger charge is -1.95. The number of hydrogen-bond donors (Lipinski definition) is 1. The van der Waals surface area contributed by atoms with Crippen LogP contribution in [0.3, 0.4) is 0 Å². The van der Waals surface area contributed by atoms with Crippen molar-refractivity contribution in [1.29, 1.82) is 0 Å². The summed E-state index contributed by atoms with van der Waals surface area (Å²) in [6.45, 7) is 3.95. The molecule has 0 amide bonds. The Bertz CT molecular complexity index is 543. The Labute approximate surface area is 97.8 Å². The van der Waals surface area contributed by atoms with E-state index in [1.54, 1.807) is 17.8 Å². The molecule has 1 N–H and O–H groups in total. The zero-order chi connectivity index (χ0) is 12.4. The lowest BCUT2D eigenvalue weighted by Crippen LogP contribution is -2.06. The third kappa shape index (κ3) is 2.03. The first kappa shape index (κ1) is 11.3. The summed E-state index contributed by atoms with van der Waals surface area (Å²) >= 11 is 0. The van der Waals surface area contributed by atoms with Crippen molar-refractivity contribution in [3.63, 3.8) is 0 Å². The van der Waals surface area contributed by atoms with Gasteiger partial charge < -0.3 is 4.74 Å². The molecule has 7 nitrogen and oxygen atoms in total. The number of aromatic nitrogens is 5. The van der Waals surface area contributed by atoms with Crippen LogP contribution in [0, 0.1) is 6.92 Å². The van der Waals surface area contributed by atoms with Crippen molar-refractivity contribution < 1.29 is 9.53 Å². The van der Waals surface area contributed by atoms with Gasteiger partial charge >= 0.3 is 5.97 Å². The Morgan fingerprint density at radius 1 is 1.59 bits per heavy atom. The number of aryl methyl sites for hydroxylation is 1. The largest absolute Gasteiger partial charge is 0.460 e. The highest BCUT2D eigenvalue weighted by Crippen LogP contribution is 2.18. The van der Waals surface area contributed by atoms with Gasteiger partial charge in [0.1, 0.15) is 0 Å². The van der Waals surface area contributed by atoms with Gasteiger partial charge in [-0.2, -0.15) is 10.2 Å². The van der Waals surface area contributed by atoms with Gasteiger partial charge in [-0.05, 0) is 13.8 Å². The molecule has 7 heteroatoms. The molecular formula is C10H13N5O2. The number of ether oxygens (including phenoxy) is 1. The summed E-state index contributed by atoms with van der Waals surface area (Å²) < 4.78 is 6.54. The van der Waals surface area contributed by atoms with Crippen LogP contribution in [-0.4, -0.2) is 37.5 Å². The summed E-state index contributed by atoms with van der Waals surface area (Å²) in [5, 5.41) is 10.6. The van der Waals surface area contributed by atoms with E-state index in [9.17, 15) is 4.79 Å². The summed E-state index contributed by atoms with van der Waals surface area (Å²) in [4.78, 5) is 15.5. The van der Waals surface area contributed by atoms with Gasteiger partial charge in [0.15, 0.2) is 5.82 Å². The van der Waals surface area contributed by atoms with Gasteiger partial charge in [0.2, 0.25) is 5.82 Å². The average molecular weight is 235 g/mol. The van der Waals surface area contributed by atoms with Crippen LogP contribution < -0.4 is 0 Å². The molecule has 0 aliphatic heterocycles. The number of nitrogens with zero attached hydrogens (tertiary/aromatic N) is 4. The van der Waals surface area contributed by atoms with Gasteiger partial charge in [-0.3, -0.25) is 9.78 Å². The van der Waals surface area contributed by atoms with Gasteiger partial charge in [-0.1, -0.05) is 0 Å². The van der Waals surface area contributed by atoms with E-state index < -0.39 is 5.97 Å². The highest BCUT2D eigenvalue weighted by atomic mass is 16.5. The first-order chi connectivity index (χ1) is 8.13. The van der Waals surface area contributed by atoms with Crippen molar-refractivity contribution in [2.45, 2.75) is 13.8 Å². The first-order valence-corrected chi connectivity index (χ1v) is 5.22. The van der Waals surface area contributed by atoms with Crippen molar-refractivity contribution in [2.75, 3.05) is 6.61 Å². The van der Waals surface area contributed by atoms with Crippen LogP contribution in [0.2, 0.25) is 0 Å². The fraction of sp³-hybridized carbons (Fsp3) is 0.400. The van der Waals surface area contributed by atoms with E-state index >= 15 is 0 Å². The second-order valence-corrected chi connectivity index (χ2v) is 3.50. The van der Waals surface area contributed by atoms with Gasteiger partial charge in [0, 0.05) is 12.7 Å². The normalized spacial score (nSPS) is 10.5. The van der Waals surface area contributed by atoms with Crippen LogP contribution >= 0.6 is 0 Å². The molecule has 2 aromatic rings. The number of H-pyrrole nitrogens is 1. The minimum Gasteiger partial charge on any atom is -0.460 e. The molecule has 0 aliphatic carbocycles. The molecule has 0 saturated heterocycles. The maximum atomic E-state index is 11.4. The average Bonchev–Trinajstić information content (AvgIpc) is 2.88. The van der Waals surface area contributed by atoms with Crippen LogP contribution in [-0.2, 0) is 11.8 Å². The molecule has 0 spiro atoms. The standard InChI is InChI=1S/C10H13N5O2/c1-4-17-10(16)9-12-8(13-14-9)7-5-11-15(3)6(7)2/h5H,4H2,1-3H3,(H,12,13,14). The van der Waals surface area contributed by atoms with E-state index in [0.29, 0.717) is 12.4 Å². The first-order valence-electron chi connectivity index (χ1n) is 5.22. The van der Waals surface area contributed by atoms with Crippen LogP contribution in [0.4, 0.5) is 0 Å². The quantitative estimate of drug-likeness (QED) is 0.791. The Morgan fingerprint density at radius 3 is 2.94 bits per heavy atom. The van der Waals surface area contributed by atoms with Gasteiger partial charge in [0.05, 0.1) is 18.4 Å². The number of nitrogens with one attached hydrogen (secondary N) is 1. The van der Waals surface area contributed by atoms with Crippen molar-refractivity contribution in [3.05, 3.63) is 17.7 Å². The highest BCUT2D eigenvalue weighted by Gasteiger charge is 2.16. The molecule has 2 heterocycles.